The smallest absolute Gasteiger partial charge is 0.344 e. The number of anilines is 1. The third-order valence-electron chi connectivity index (χ3n) is 6.16. The highest BCUT2D eigenvalue weighted by molar-refractivity contribution is 6.13. The Balaban J connectivity index is 1.76. The molecule has 5 heteroatoms. The zero-order chi connectivity index (χ0) is 22.4. The van der Waals surface area contributed by atoms with Gasteiger partial charge in [-0.15, -0.1) is 0 Å². The van der Waals surface area contributed by atoms with E-state index in [0.29, 0.717) is 34.9 Å². The molecule has 0 fully saturated rings. The van der Waals surface area contributed by atoms with E-state index in [0.717, 1.165) is 16.7 Å². The molecule has 1 atom stereocenters. The van der Waals surface area contributed by atoms with E-state index in [1.165, 1.54) is 12.1 Å². The summed E-state index contributed by atoms with van der Waals surface area (Å²) in [5.41, 5.74) is 3.35. The Morgan fingerprint density at radius 2 is 1.75 bits per heavy atom. The zero-order valence-electron chi connectivity index (χ0n) is 17.9. The molecule has 1 aliphatic rings. The maximum atomic E-state index is 13.9. The third-order valence-corrected chi connectivity index (χ3v) is 6.16. The second kappa shape index (κ2) is 7.75. The lowest BCUT2D eigenvalue weighted by atomic mass is 9.94. The lowest BCUT2D eigenvalue weighted by Gasteiger charge is -2.35. The van der Waals surface area contributed by atoms with E-state index in [2.05, 4.69) is 0 Å². The van der Waals surface area contributed by atoms with Crippen molar-refractivity contribution in [1.82, 2.24) is 0 Å². The molecule has 3 aromatic carbocycles. The van der Waals surface area contributed by atoms with Gasteiger partial charge in [-0.25, -0.2) is 9.18 Å². The second-order valence-corrected chi connectivity index (χ2v) is 8.34. The van der Waals surface area contributed by atoms with Crippen LogP contribution in [0.1, 0.15) is 35.0 Å². The summed E-state index contributed by atoms with van der Waals surface area (Å²) in [5, 5.41) is 1.09. The van der Waals surface area contributed by atoms with Crippen molar-refractivity contribution in [3.63, 3.8) is 0 Å². The first-order valence-corrected chi connectivity index (χ1v) is 10.7. The first kappa shape index (κ1) is 20.2. The van der Waals surface area contributed by atoms with Crippen LogP contribution in [0.25, 0.3) is 21.9 Å². The molecule has 1 amide bonds. The van der Waals surface area contributed by atoms with E-state index < -0.39 is 11.5 Å². The van der Waals surface area contributed by atoms with Crippen molar-refractivity contribution in [2.75, 3.05) is 4.90 Å². The summed E-state index contributed by atoms with van der Waals surface area (Å²) in [5.74, 6) is -0.728. The van der Waals surface area contributed by atoms with Crippen LogP contribution in [-0.4, -0.2) is 11.9 Å². The SMILES string of the molecule is Cc1ccc(-c2c(C(=O)N3c4ccc(F)cc4CC[C@@H]3C)oc(=O)c3ccccc23)cc1. The van der Waals surface area contributed by atoms with Crippen molar-refractivity contribution in [3.8, 4) is 11.1 Å². The van der Waals surface area contributed by atoms with Crippen LogP contribution in [0.3, 0.4) is 0 Å². The van der Waals surface area contributed by atoms with Gasteiger partial charge < -0.3 is 9.32 Å². The number of aryl methyl sites for hydroxylation is 2. The van der Waals surface area contributed by atoms with Crippen LogP contribution in [-0.2, 0) is 6.42 Å². The summed E-state index contributed by atoms with van der Waals surface area (Å²) in [6.45, 7) is 3.94. The van der Waals surface area contributed by atoms with Gasteiger partial charge in [0, 0.05) is 22.7 Å². The summed E-state index contributed by atoms with van der Waals surface area (Å²) in [6, 6.07) is 19.3. The van der Waals surface area contributed by atoms with Gasteiger partial charge in [-0.3, -0.25) is 4.79 Å². The molecule has 0 saturated heterocycles. The van der Waals surface area contributed by atoms with E-state index in [-0.39, 0.29) is 17.6 Å². The quantitative estimate of drug-likeness (QED) is 0.401. The van der Waals surface area contributed by atoms with Crippen LogP contribution in [0, 0.1) is 12.7 Å². The van der Waals surface area contributed by atoms with Crippen LogP contribution in [0.15, 0.2) is 75.9 Å². The van der Waals surface area contributed by atoms with Crippen LogP contribution < -0.4 is 10.5 Å². The number of halogens is 1. The fourth-order valence-corrected chi connectivity index (χ4v) is 4.50. The lowest BCUT2D eigenvalue weighted by Crippen LogP contribution is -2.42. The number of benzene rings is 3. The van der Waals surface area contributed by atoms with Gasteiger partial charge in [-0.1, -0.05) is 48.0 Å². The molecular weight excluding hydrogens is 405 g/mol. The maximum Gasteiger partial charge on any atom is 0.344 e. The van der Waals surface area contributed by atoms with Gasteiger partial charge in [0.1, 0.15) is 5.82 Å². The van der Waals surface area contributed by atoms with Gasteiger partial charge in [0.25, 0.3) is 5.91 Å². The van der Waals surface area contributed by atoms with Crippen molar-refractivity contribution in [2.45, 2.75) is 32.7 Å². The Hall–Kier alpha value is -3.73. The molecule has 0 unspecified atom stereocenters. The largest absolute Gasteiger partial charge is 0.416 e. The van der Waals surface area contributed by atoms with Crippen LogP contribution in [0.4, 0.5) is 10.1 Å². The Morgan fingerprint density at radius 3 is 2.50 bits per heavy atom. The van der Waals surface area contributed by atoms with E-state index >= 15 is 0 Å². The fourth-order valence-electron chi connectivity index (χ4n) is 4.50. The van der Waals surface area contributed by atoms with Gasteiger partial charge >= 0.3 is 5.63 Å². The Bertz CT molecular complexity index is 1410. The van der Waals surface area contributed by atoms with Crippen molar-refractivity contribution >= 4 is 22.4 Å². The van der Waals surface area contributed by atoms with Gasteiger partial charge in [0.15, 0.2) is 0 Å². The molecule has 4 aromatic rings. The molecule has 160 valence electrons. The third kappa shape index (κ3) is 3.30. The summed E-state index contributed by atoms with van der Waals surface area (Å²) < 4.78 is 19.5. The molecule has 0 bridgehead atoms. The monoisotopic (exact) mass is 427 g/mol. The van der Waals surface area contributed by atoms with Gasteiger partial charge in [0.2, 0.25) is 5.76 Å². The number of carbonyl (C=O) groups excluding carboxylic acids is 1. The predicted molar refractivity (Wildman–Crippen MR) is 124 cm³/mol. The predicted octanol–water partition coefficient (Wildman–Crippen LogP) is 5.89. The van der Waals surface area contributed by atoms with Gasteiger partial charge in [-0.05, 0) is 62.1 Å². The van der Waals surface area contributed by atoms with E-state index in [1.54, 1.807) is 23.1 Å². The normalized spacial score (nSPS) is 15.6. The number of rotatable bonds is 2. The minimum Gasteiger partial charge on any atom is -0.416 e. The molecule has 1 aromatic heterocycles. The highest BCUT2D eigenvalue weighted by Crippen LogP contribution is 2.36. The summed E-state index contributed by atoms with van der Waals surface area (Å²) in [4.78, 5) is 28.4. The molecule has 32 heavy (non-hydrogen) atoms. The molecule has 0 aliphatic carbocycles. The average Bonchev–Trinajstić information content (AvgIpc) is 2.79. The molecule has 2 heterocycles. The minimum atomic E-state index is -0.552. The number of carbonyl (C=O) groups is 1. The fraction of sp³-hybridized carbons (Fsp3) is 0.185. The van der Waals surface area contributed by atoms with E-state index in [1.807, 2.05) is 50.2 Å². The number of hydrogen-bond acceptors (Lipinski definition) is 3. The van der Waals surface area contributed by atoms with Crippen LogP contribution >= 0.6 is 0 Å². The van der Waals surface area contributed by atoms with Gasteiger partial charge in [-0.2, -0.15) is 0 Å². The van der Waals surface area contributed by atoms with Crippen LogP contribution in [0.2, 0.25) is 0 Å². The Morgan fingerprint density at radius 1 is 1.03 bits per heavy atom. The van der Waals surface area contributed by atoms with Crippen LogP contribution in [0.5, 0.6) is 0 Å². The maximum absolute atomic E-state index is 13.9. The Kier molecular flexibility index (Phi) is 4.89. The summed E-state index contributed by atoms with van der Waals surface area (Å²) >= 11 is 0. The molecular formula is C27H22FNO3. The standard InChI is InChI=1S/C27H22FNO3/c1-16-7-10-18(11-8-16)24-21-5-3-4-6-22(21)27(31)32-25(24)26(30)29-17(2)9-12-19-15-20(28)13-14-23(19)29/h3-8,10-11,13-15,17H,9,12H2,1-2H3/t17-/m0/s1. The summed E-state index contributed by atoms with van der Waals surface area (Å²) in [6.07, 6.45) is 1.38. The van der Waals surface area contributed by atoms with Crippen molar-refractivity contribution in [1.29, 1.82) is 0 Å². The number of hydrogen-bond donors (Lipinski definition) is 0. The molecule has 0 N–H and O–H groups in total. The molecule has 5 rings (SSSR count). The summed E-state index contributed by atoms with van der Waals surface area (Å²) in [7, 11) is 0. The minimum absolute atomic E-state index is 0.00146. The number of nitrogens with zero attached hydrogens (tertiary/aromatic N) is 1. The topological polar surface area (TPSA) is 50.5 Å². The highest BCUT2D eigenvalue weighted by atomic mass is 19.1. The number of amides is 1. The van der Waals surface area contributed by atoms with Crippen molar-refractivity contribution in [2.24, 2.45) is 0 Å². The first-order chi connectivity index (χ1) is 15.4. The Labute approximate surface area is 184 Å². The molecule has 0 saturated carbocycles. The number of fused-ring (bicyclic) bond motifs is 2. The molecule has 0 radical (unpaired) electrons. The van der Waals surface area contributed by atoms with Crippen molar-refractivity contribution in [3.05, 3.63) is 99.9 Å². The van der Waals surface area contributed by atoms with E-state index in [9.17, 15) is 14.0 Å². The average molecular weight is 427 g/mol. The van der Waals surface area contributed by atoms with E-state index in [4.69, 9.17) is 4.42 Å². The highest BCUT2D eigenvalue weighted by Gasteiger charge is 2.33. The molecule has 4 nitrogen and oxygen atoms in total. The molecule has 1 aliphatic heterocycles. The first-order valence-electron chi connectivity index (χ1n) is 10.7. The second-order valence-electron chi connectivity index (χ2n) is 8.34. The van der Waals surface area contributed by atoms with Crippen molar-refractivity contribution < 1.29 is 13.6 Å². The zero-order valence-corrected chi connectivity index (χ0v) is 17.9. The lowest BCUT2D eigenvalue weighted by molar-refractivity contribution is 0.0945. The van der Waals surface area contributed by atoms with Gasteiger partial charge in [0.05, 0.1) is 5.39 Å². The molecule has 0 spiro atoms.